The third-order valence-electron chi connectivity index (χ3n) is 9.51. The zero-order valence-corrected chi connectivity index (χ0v) is 27.5. The number of ether oxygens (including phenoxy) is 2. The fourth-order valence-corrected chi connectivity index (χ4v) is 9.00. The molecule has 7 rings (SSSR count). The highest BCUT2D eigenvalue weighted by atomic mass is 35.5. The number of hydrogen-bond donors (Lipinski definition) is 0. The molecule has 1 atom stereocenters. The summed E-state index contributed by atoms with van der Waals surface area (Å²) in [5.41, 5.74) is -1.69. The van der Waals surface area contributed by atoms with Gasteiger partial charge in [0.1, 0.15) is 10.6 Å². The number of rotatable bonds is 6. The Balaban J connectivity index is 1.33. The predicted octanol–water partition coefficient (Wildman–Crippen LogP) is 5.96. The number of pyridine rings is 1. The monoisotopic (exact) mass is 674 g/mol. The zero-order valence-electron chi connectivity index (χ0n) is 26.0. The second kappa shape index (κ2) is 12.4. The lowest BCUT2D eigenvalue weighted by Gasteiger charge is -2.40. The molecule has 12 heteroatoms. The minimum Gasteiger partial charge on any atom is -0.496 e. The van der Waals surface area contributed by atoms with Gasteiger partial charge in [0.05, 0.1) is 23.9 Å². The molecule has 0 N–H and O–H groups in total. The average molecular weight is 675 g/mol. The number of methoxy groups -OCH3 is 1. The van der Waals surface area contributed by atoms with Crippen molar-refractivity contribution < 1.29 is 27.5 Å². The van der Waals surface area contributed by atoms with Crippen LogP contribution in [0.1, 0.15) is 43.2 Å². The van der Waals surface area contributed by atoms with Crippen LogP contribution in [0.25, 0.3) is 10.9 Å². The third kappa shape index (κ3) is 5.30. The Labute approximate surface area is 278 Å². The molecule has 3 aromatic carbocycles. The molecule has 2 amide bonds. The standard InChI is InChI=1S/C35H35ClN4O6S/c1-45-30-12-4-3-11-27(30)35(46-34(42)39-21-16-26(17-22-39)38-19-5-2-6-20-38)28-23-25(36)14-15-29(28)40(33(35)41)47(43,44)31-13-7-9-24-10-8-18-37-32(24)31/h3-4,7-15,18,23,26H,2,5-6,16-17,19-22H2,1H3. The Bertz CT molecular complexity index is 1950. The molecule has 47 heavy (non-hydrogen) atoms. The molecular formula is C35H35ClN4O6S. The van der Waals surface area contributed by atoms with Crippen LogP contribution in [0.2, 0.25) is 5.02 Å². The molecule has 0 aliphatic carbocycles. The molecule has 0 spiro atoms. The largest absolute Gasteiger partial charge is 0.496 e. The van der Waals surface area contributed by atoms with Crippen molar-refractivity contribution in [1.29, 1.82) is 0 Å². The van der Waals surface area contributed by atoms with E-state index in [1.807, 2.05) is 0 Å². The summed E-state index contributed by atoms with van der Waals surface area (Å²) in [4.78, 5) is 37.4. The molecule has 2 saturated heterocycles. The number of carbonyl (C=O) groups is 2. The van der Waals surface area contributed by atoms with E-state index in [1.54, 1.807) is 53.4 Å². The number of nitrogens with zero attached hydrogens (tertiary/aromatic N) is 4. The highest BCUT2D eigenvalue weighted by molar-refractivity contribution is 7.93. The molecule has 1 aromatic heterocycles. The van der Waals surface area contributed by atoms with Crippen LogP contribution in [0, 0.1) is 0 Å². The van der Waals surface area contributed by atoms with Crippen LogP contribution in [0.15, 0.2) is 83.9 Å². The first kappa shape index (κ1) is 31.4. The van der Waals surface area contributed by atoms with Crippen LogP contribution in [0.5, 0.6) is 5.75 Å². The number of halogens is 1. The summed E-state index contributed by atoms with van der Waals surface area (Å²) in [6, 6.07) is 19.7. The molecule has 0 bridgehead atoms. The number of aromatic nitrogens is 1. The van der Waals surface area contributed by atoms with Crippen LogP contribution in [-0.2, 0) is 25.2 Å². The lowest BCUT2D eigenvalue weighted by molar-refractivity contribution is -0.132. The molecule has 3 aliphatic heterocycles. The van der Waals surface area contributed by atoms with Gasteiger partial charge in [0.25, 0.3) is 15.9 Å². The number of piperidine rings is 2. The lowest BCUT2D eigenvalue weighted by atomic mass is 9.86. The zero-order chi connectivity index (χ0) is 32.8. The summed E-state index contributed by atoms with van der Waals surface area (Å²) < 4.78 is 41.9. The van der Waals surface area contributed by atoms with Gasteiger partial charge in [-0.25, -0.2) is 13.2 Å². The summed E-state index contributed by atoms with van der Waals surface area (Å²) in [7, 11) is -3.15. The maximum atomic E-state index is 15.0. The van der Waals surface area contributed by atoms with Gasteiger partial charge in [-0.1, -0.05) is 54.4 Å². The van der Waals surface area contributed by atoms with Gasteiger partial charge in [-0.3, -0.25) is 9.78 Å². The topological polar surface area (TPSA) is 109 Å². The predicted molar refractivity (Wildman–Crippen MR) is 178 cm³/mol. The Morgan fingerprint density at radius 2 is 1.66 bits per heavy atom. The van der Waals surface area contributed by atoms with E-state index in [0.29, 0.717) is 28.8 Å². The minimum absolute atomic E-state index is 0.0230. The normalized spacial score (nSPS) is 20.8. The van der Waals surface area contributed by atoms with Crippen molar-refractivity contribution >= 4 is 50.2 Å². The molecular weight excluding hydrogens is 640 g/mol. The van der Waals surface area contributed by atoms with Gasteiger partial charge in [-0.15, -0.1) is 0 Å². The van der Waals surface area contributed by atoms with Crippen molar-refractivity contribution in [2.24, 2.45) is 0 Å². The van der Waals surface area contributed by atoms with Crippen molar-refractivity contribution in [2.45, 2.75) is 48.6 Å². The first-order valence-electron chi connectivity index (χ1n) is 15.8. The molecule has 1 unspecified atom stereocenters. The van der Waals surface area contributed by atoms with Gasteiger partial charge in [0, 0.05) is 41.3 Å². The van der Waals surface area contributed by atoms with Gasteiger partial charge < -0.3 is 19.3 Å². The fraction of sp³-hybridized carbons (Fsp3) is 0.343. The number of hydrogen-bond acceptors (Lipinski definition) is 8. The summed E-state index contributed by atoms with van der Waals surface area (Å²) in [6.45, 7) is 3.02. The van der Waals surface area contributed by atoms with Crippen molar-refractivity contribution in [3.05, 3.63) is 95.1 Å². The van der Waals surface area contributed by atoms with Crippen LogP contribution < -0.4 is 9.04 Å². The number of anilines is 1. The minimum atomic E-state index is -4.59. The van der Waals surface area contributed by atoms with Gasteiger partial charge in [0.2, 0.25) is 5.60 Å². The first-order chi connectivity index (χ1) is 22.8. The van der Waals surface area contributed by atoms with E-state index in [-0.39, 0.29) is 38.0 Å². The van der Waals surface area contributed by atoms with Crippen LogP contribution in [0.4, 0.5) is 10.5 Å². The van der Waals surface area contributed by atoms with Gasteiger partial charge in [0.15, 0.2) is 0 Å². The fourth-order valence-electron chi connectivity index (χ4n) is 7.20. The number of sulfonamides is 1. The van der Waals surface area contributed by atoms with Gasteiger partial charge in [-0.2, -0.15) is 4.31 Å². The summed E-state index contributed by atoms with van der Waals surface area (Å²) >= 11 is 6.52. The molecule has 3 aliphatic rings. The van der Waals surface area contributed by atoms with E-state index in [4.69, 9.17) is 21.1 Å². The highest BCUT2D eigenvalue weighted by Crippen LogP contribution is 2.52. The molecule has 4 heterocycles. The lowest BCUT2D eigenvalue weighted by Crippen LogP contribution is -2.52. The molecule has 2 fully saturated rings. The number of carbonyl (C=O) groups excluding carboxylic acids is 2. The third-order valence-corrected chi connectivity index (χ3v) is 11.5. The summed E-state index contributed by atoms with van der Waals surface area (Å²) in [5, 5.41) is 0.826. The van der Waals surface area contributed by atoms with Crippen LogP contribution in [0.3, 0.4) is 0 Å². The maximum Gasteiger partial charge on any atom is 0.411 e. The van der Waals surface area contributed by atoms with E-state index in [1.165, 1.54) is 56.8 Å². The van der Waals surface area contributed by atoms with Crippen LogP contribution in [-0.4, -0.2) is 74.5 Å². The van der Waals surface area contributed by atoms with E-state index in [0.717, 1.165) is 25.9 Å². The quantitative estimate of drug-likeness (QED) is 0.246. The van der Waals surface area contributed by atoms with Crippen LogP contribution >= 0.6 is 11.6 Å². The van der Waals surface area contributed by atoms with Crippen molar-refractivity contribution in [2.75, 3.05) is 37.6 Å². The number of benzene rings is 3. The SMILES string of the molecule is COc1ccccc1C1(OC(=O)N2CCC(N3CCCCC3)CC2)C(=O)N(S(=O)(=O)c2cccc3cccnc23)c2ccc(Cl)cc21. The Kier molecular flexibility index (Phi) is 8.32. The van der Waals surface area contributed by atoms with E-state index in [9.17, 15) is 13.2 Å². The van der Waals surface area contributed by atoms with E-state index >= 15 is 4.79 Å². The Morgan fingerprint density at radius 3 is 2.43 bits per heavy atom. The second-order valence-electron chi connectivity index (χ2n) is 12.1. The van der Waals surface area contributed by atoms with Crippen molar-refractivity contribution in [1.82, 2.24) is 14.8 Å². The Hall–Kier alpha value is -4.19. The molecule has 10 nitrogen and oxygen atoms in total. The van der Waals surface area contributed by atoms with E-state index < -0.39 is 27.6 Å². The smallest absolute Gasteiger partial charge is 0.411 e. The number of fused-ring (bicyclic) bond motifs is 2. The number of likely N-dealkylation sites (tertiary alicyclic amines) is 2. The van der Waals surface area contributed by atoms with Gasteiger partial charge >= 0.3 is 6.09 Å². The molecule has 0 radical (unpaired) electrons. The first-order valence-corrected chi connectivity index (χ1v) is 17.7. The number of amides is 2. The molecule has 244 valence electrons. The molecule has 4 aromatic rings. The average Bonchev–Trinajstić information content (AvgIpc) is 3.35. The van der Waals surface area contributed by atoms with E-state index in [2.05, 4.69) is 9.88 Å². The molecule has 0 saturated carbocycles. The van der Waals surface area contributed by atoms with Crippen molar-refractivity contribution in [3.63, 3.8) is 0 Å². The maximum absolute atomic E-state index is 15.0. The summed E-state index contributed by atoms with van der Waals surface area (Å²) in [5.74, 6) is -0.738. The Morgan fingerprint density at radius 1 is 0.915 bits per heavy atom. The number of para-hydroxylation sites is 2. The second-order valence-corrected chi connectivity index (χ2v) is 14.3. The van der Waals surface area contributed by atoms with Crippen molar-refractivity contribution in [3.8, 4) is 5.75 Å². The highest BCUT2D eigenvalue weighted by Gasteiger charge is 2.61. The summed E-state index contributed by atoms with van der Waals surface area (Å²) in [6.07, 6.45) is 5.94. The van der Waals surface area contributed by atoms with Gasteiger partial charge in [-0.05, 0) is 75.2 Å².